The van der Waals surface area contributed by atoms with E-state index >= 15 is 0 Å². The number of hydrogen-bond acceptors (Lipinski definition) is 2. The third-order valence-corrected chi connectivity index (χ3v) is 3.34. The third-order valence-electron chi connectivity index (χ3n) is 1.60. The molecule has 3 nitrogen and oxygen atoms in total. The summed E-state index contributed by atoms with van der Waals surface area (Å²) in [7, 11) is 0. The summed E-state index contributed by atoms with van der Waals surface area (Å²) < 4.78 is 25.7. The summed E-state index contributed by atoms with van der Waals surface area (Å²) in [6.07, 6.45) is -3.26. The number of nitrogens with zero attached hydrogens (tertiary/aromatic N) is 1. The molecule has 7 heteroatoms. The van der Waals surface area contributed by atoms with E-state index < -0.39 is 18.8 Å². The molecule has 0 bridgehead atoms. The van der Waals surface area contributed by atoms with Gasteiger partial charge in [0.15, 0.2) is 0 Å². The second-order valence-electron chi connectivity index (χ2n) is 2.67. The Balaban J connectivity index is 3.21. The van der Waals surface area contributed by atoms with Crippen LogP contribution >= 0.6 is 31.9 Å². The molecule has 0 saturated heterocycles. The van der Waals surface area contributed by atoms with Crippen molar-refractivity contribution in [2.75, 3.05) is 0 Å². The number of alkyl halides is 2. The van der Waals surface area contributed by atoms with Crippen molar-refractivity contribution >= 4 is 37.8 Å². The number of rotatable bonds is 3. The number of aliphatic carboxylic acids is 1. The molecule has 1 N–H and O–H groups in total. The lowest BCUT2D eigenvalue weighted by atomic mass is 10.1. The van der Waals surface area contributed by atoms with Crippen LogP contribution in [0, 0.1) is 0 Å². The zero-order valence-corrected chi connectivity index (χ0v) is 10.3. The molecule has 0 aliphatic heterocycles. The molecule has 15 heavy (non-hydrogen) atoms. The SMILES string of the molecule is O=C(O)Cc1nc(Br)c(Br)cc1C(F)F. The molecule has 82 valence electrons. The fraction of sp³-hybridized carbons (Fsp3) is 0.250. The fourth-order valence-electron chi connectivity index (χ4n) is 0.990. The van der Waals surface area contributed by atoms with E-state index in [-0.39, 0.29) is 11.3 Å². The van der Waals surface area contributed by atoms with Crippen molar-refractivity contribution in [1.82, 2.24) is 4.98 Å². The molecular formula is C8H5Br2F2NO2. The van der Waals surface area contributed by atoms with E-state index in [0.29, 0.717) is 9.08 Å². The van der Waals surface area contributed by atoms with Gasteiger partial charge in [-0.05, 0) is 37.9 Å². The highest BCUT2D eigenvalue weighted by atomic mass is 79.9. The van der Waals surface area contributed by atoms with Crippen LogP contribution in [0.5, 0.6) is 0 Å². The van der Waals surface area contributed by atoms with Crippen molar-refractivity contribution in [3.8, 4) is 0 Å². The van der Waals surface area contributed by atoms with Crippen molar-refractivity contribution in [2.45, 2.75) is 12.8 Å². The molecule has 1 heterocycles. The first-order chi connectivity index (χ1) is 6.91. The van der Waals surface area contributed by atoms with Gasteiger partial charge >= 0.3 is 5.97 Å². The Morgan fingerprint density at radius 2 is 2.13 bits per heavy atom. The predicted molar refractivity (Wildman–Crippen MR) is 55.9 cm³/mol. The van der Waals surface area contributed by atoms with Crippen LogP contribution in [-0.4, -0.2) is 16.1 Å². The average Bonchev–Trinajstić information content (AvgIpc) is 2.09. The maximum atomic E-state index is 12.5. The summed E-state index contributed by atoms with van der Waals surface area (Å²) in [6.45, 7) is 0. The second kappa shape index (κ2) is 4.98. The Morgan fingerprint density at radius 3 is 2.60 bits per heavy atom. The van der Waals surface area contributed by atoms with E-state index in [4.69, 9.17) is 5.11 Å². The summed E-state index contributed by atoms with van der Waals surface area (Å²) in [6, 6.07) is 1.17. The van der Waals surface area contributed by atoms with Gasteiger partial charge in [0, 0.05) is 5.56 Å². The summed E-state index contributed by atoms with van der Waals surface area (Å²) >= 11 is 6.05. The largest absolute Gasteiger partial charge is 0.481 e. The van der Waals surface area contributed by atoms with Crippen molar-refractivity contribution in [3.05, 3.63) is 26.4 Å². The standard InChI is InChI=1S/C8H5Br2F2NO2/c9-4-1-3(8(11)12)5(2-6(14)15)13-7(4)10/h1,8H,2H2,(H,14,15). The second-order valence-corrected chi connectivity index (χ2v) is 4.27. The molecule has 0 radical (unpaired) electrons. The van der Waals surface area contributed by atoms with Crippen LogP contribution in [-0.2, 0) is 11.2 Å². The molecular weight excluding hydrogens is 340 g/mol. The zero-order chi connectivity index (χ0) is 11.6. The van der Waals surface area contributed by atoms with Crippen LogP contribution in [0.2, 0.25) is 0 Å². The van der Waals surface area contributed by atoms with Gasteiger partial charge in [0.2, 0.25) is 0 Å². The molecule has 0 aromatic carbocycles. The van der Waals surface area contributed by atoms with E-state index in [1.807, 2.05) is 0 Å². The molecule has 0 saturated carbocycles. The van der Waals surface area contributed by atoms with Gasteiger partial charge in [-0.15, -0.1) is 0 Å². The minimum Gasteiger partial charge on any atom is -0.481 e. The summed E-state index contributed by atoms with van der Waals surface area (Å²) in [5.74, 6) is -1.20. The molecule has 0 amide bonds. The first kappa shape index (κ1) is 12.5. The Labute approximate surface area is 101 Å². The van der Waals surface area contributed by atoms with E-state index in [1.54, 1.807) is 0 Å². The maximum absolute atomic E-state index is 12.5. The Morgan fingerprint density at radius 1 is 1.53 bits per heavy atom. The maximum Gasteiger partial charge on any atom is 0.309 e. The van der Waals surface area contributed by atoms with Gasteiger partial charge < -0.3 is 5.11 Å². The van der Waals surface area contributed by atoms with E-state index in [2.05, 4.69) is 36.8 Å². The summed E-state index contributed by atoms with van der Waals surface area (Å²) in [5, 5.41) is 8.52. The minimum atomic E-state index is -2.74. The van der Waals surface area contributed by atoms with Gasteiger partial charge in [-0.2, -0.15) is 0 Å². The Kier molecular flexibility index (Phi) is 4.15. The van der Waals surface area contributed by atoms with Crippen molar-refractivity contribution in [3.63, 3.8) is 0 Å². The lowest BCUT2D eigenvalue weighted by Gasteiger charge is -2.07. The monoisotopic (exact) mass is 343 g/mol. The lowest BCUT2D eigenvalue weighted by molar-refractivity contribution is -0.136. The first-order valence-electron chi connectivity index (χ1n) is 3.76. The number of aromatic nitrogens is 1. The highest BCUT2D eigenvalue weighted by Gasteiger charge is 2.18. The molecule has 0 aliphatic rings. The Hall–Kier alpha value is -0.560. The van der Waals surface area contributed by atoms with Gasteiger partial charge in [-0.3, -0.25) is 4.79 Å². The van der Waals surface area contributed by atoms with Crippen LogP contribution in [0.4, 0.5) is 8.78 Å². The fourth-order valence-corrected chi connectivity index (χ4v) is 1.65. The van der Waals surface area contributed by atoms with Gasteiger partial charge in [0.25, 0.3) is 6.43 Å². The summed E-state index contributed by atoms with van der Waals surface area (Å²) in [5.41, 5.74) is -0.500. The number of carbonyl (C=O) groups is 1. The number of carboxylic acid groups (broad SMARTS) is 1. The van der Waals surface area contributed by atoms with Crippen LogP contribution in [0.3, 0.4) is 0 Å². The minimum absolute atomic E-state index is 0.132. The molecule has 1 rings (SSSR count). The topological polar surface area (TPSA) is 50.2 Å². The highest BCUT2D eigenvalue weighted by molar-refractivity contribution is 9.13. The van der Waals surface area contributed by atoms with Gasteiger partial charge in [-0.1, -0.05) is 0 Å². The molecule has 0 spiro atoms. The van der Waals surface area contributed by atoms with E-state index in [1.165, 1.54) is 6.07 Å². The smallest absolute Gasteiger partial charge is 0.309 e. The van der Waals surface area contributed by atoms with E-state index in [9.17, 15) is 13.6 Å². The molecule has 1 aromatic heterocycles. The third kappa shape index (κ3) is 3.20. The summed E-state index contributed by atoms with van der Waals surface area (Å²) in [4.78, 5) is 14.2. The molecule has 0 unspecified atom stereocenters. The van der Waals surface area contributed by atoms with Gasteiger partial charge in [0.05, 0.1) is 16.6 Å². The van der Waals surface area contributed by atoms with Crippen molar-refractivity contribution < 1.29 is 18.7 Å². The number of pyridine rings is 1. The van der Waals surface area contributed by atoms with Crippen molar-refractivity contribution in [2.24, 2.45) is 0 Å². The lowest BCUT2D eigenvalue weighted by Crippen LogP contribution is -2.07. The van der Waals surface area contributed by atoms with E-state index in [0.717, 1.165) is 0 Å². The number of halogens is 4. The average molecular weight is 345 g/mol. The molecule has 0 aliphatic carbocycles. The highest BCUT2D eigenvalue weighted by Crippen LogP contribution is 2.29. The molecule has 0 fully saturated rings. The van der Waals surface area contributed by atoms with Crippen LogP contribution in [0.1, 0.15) is 17.7 Å². The molecule has 1 aromatic rings. The quantitative estimate of drug-likeness (QED) is 0.857. The number of hydrogen-bond donors (Lipinski definition) is 1. The van der Waals surface area contributed by atoms with Gasteiger partial charge in [-0.25, -0.2) is 13.8 Å². The Bertz CT molecular complexity index is 398. The van der Waals surface area contributed by atoms with Crippen molar-refractivity contribution in [1.29, 1.82) is 0 Å². The first-order valence-corrected chi connectivity index (χ1v) is 5.35. The molecule has 0 atom stereocenters. The van der Waals surface area contributed by atoms with Gasteiger partial charge in [0.1, 0.15) is 4.60 Å². The van der Waals surface area contributed by atoms with Crippen LogP contribution in [0.15, 0.2) is 15.1 Å². The normalized spacial score (nSPS) is 10.7. The van der Waals surface area contributed by atoms with Crippen LogP contribution in [0.25, 0.3) is 0 Å². The number of carboxylic acids is 1. The van der Waals surface area contributed by atoms with Crippen LogP contribution < -0.4 is 0 Å². The zero-order valence-electron chi connectivity index (χ0n) is 7.18. The predicted octanol–water partition coefficient (Wildman–Crippen LogP) is 3.17.